The number of rotatable bonds is 5. The highest BCUT2D eigenvalue weighted by Crippen LogP contribution is 2.31. The van der Waals surface area contributed by atoms with Crippen LogP contribution in [0.1, 0.15) is 13.3 Å². The van der Waals surface area contributed by atoms with Crippen LogP contribution in [0.3, 0.4) is 0 Å². The van der Waals surface area contributed by atoms with Crippen molar-refractivity contribution in [3.63, 3.8) is 0 Å². The summed E-state index contributed by atoms with van der Waals surface area (Å²) in [4.78, 5) is 0.365. The van der Waals surface area contributed by atoms with E-state index in [-0.39, 0.29) is 12.0 Å². The minimum atomic E-state index is -3.46. The number of fused-ring (bicyclic) bond motifs is 1. The summed E-state index contributed by atoms with van der Waals surface area (Å²) in [5.74, 6) is 0.268. The highest BCUT2D eigenvalue weighted by atomic mass is 32.2. The zero-order valence-electron chi connectivity index (χ0n) is 16.6. The second-order valence-electron chi connectivity index (χ2n) is 7.94. The highest BCUT2D eigenvalue weighted by Gasteiger charge is 2.37. The molecule has 154 valence electrons. The van der Waals surface area contributed by atoms with Gasteiger partial charge in [-0.1, -0.05) is 24.3 Å². The molecule has 1 unspecified atom stereocenters. The summed E-state index contributed by atoms with van der Waals surface area (Å²) >= 11 is 0. The van der Waals surface area contributed by atoms with Gasteiger partial charge in [-0.2, -0.15) is 19.7 Å². The van der Waals surface area contributed by atoms with E-state index >= 15 is 0 Å². The Bertz CT molecular complexity index is 1270. The summed E-state index contributed by atoms with van der Waals surface area (Å²) in [5, 5.41) is 11.8. The molecule has 0 bridgehead atoms. The standard InChI is InChI=1S/C22H23N5O2S/c1-16-11-17(15-27(16)30(28,29)20-5-3-2-4-6-20)14-26-10-9-19-12-18(7-8-22(19)26)21-13-23-25-24-21/h2-10,12-13,16-17H,11,14-15H2,1H3,(H,23,24,25)/t16-,17?/m1/s1. The normalized spacial score (nSPS) is 20.2. The molecule has 30 heavy (non-hydrogen) atoms. The molecule has 1 aliphatic heterocycles. The van der Waals surface area contributed by atoms with Gasteiger partial charge in [0.05, 0.1) is 11.1 Å². The zero-order chi connectivity index (χ0) is 20.7. The van der Waals surface area contributed by atoms with Crippen molar-refractivity contribution in [2.45, 2.75) is 30.8 Å². The molecule has 1 aliphatic rings. The van der Waals surface area contributed by atoms with Gasteiger partial charge in [0.2, 0.25) is 10.0 Å². The average molecular weight is 422 g/mol. The third kappa shape index (κ3) is 3.32. The first-order chi connectivity index (χ1) is 14.5. The minimum Gasteiger partial charge on any atom is -0.347 e. The van der Waals surface area contributed by atoms with E-state index < -0.39 is 10.0 Å². The van der Waals surface area contributed by atoms with Gasteiger partial charge in [0.1, 0.15) is 5.69 Å². The van der Waals surface area contributed by atoms with Crippen molar-refractivity contribution in [3.05, 3.63) is 67.0 Å². The first kappa shape index (κ1) is 19.0. The van der Waals surface area contributed by atoms with Crippen molar-refractivity contribution in [3.8, 4) is 11.3 Å². The Labute approximate surface area is 175 Å². The molecule has 2 aromatic heterocycles. The van der Waals surface area contributed by atoms with Crippen molar-refractivity contribution in [1.29, 1.82) is 0 Å². The van der Waals surface area contributed by atoms with Crippen LogP contribution in [0.5, 0.6) is 0 Å². The zero-order valence-corrected chi connectivity index (χ0v) is 17.5. The largest absolute Gasteiger partial charge is 0.347 e. The van der Waals surface area contributed by atoms with Crippen LogP contribution in [0.15, 0.2) is 71.9 Å². The third-order valence-electron chi connectivity index (χ3n) is 5.89. The van der Waals surface area contributed by atoms with Crippen molar-refractivity contribution in [2.75, 3.05) is 6.54 Å². The monoisotopic (exact) mass is 421 g/mol. The van der Waals surface area contributed by atoms with Crippen LogP contribution in [-0.4, -0.2) is 45.3 Å². The smallest absolute Gasteiger partial charge is 0.243 e. The van der Waals surface area contributed by atoms with Crippen molar-refractivity contribution in [1.82, 2.24) is 24.3 Å². The van der Waals surface area contributed by atoms with Gasteiger partial charge >= 0.3 is 0 Å². The van der Waals surface area contributed by atoms with E-state index in [0.29, 0.717) is 11.4 Å². The first-order valence-corrected chi connectivity index (χ1v) is 11.5. The lowest BCUT2D eigenvalue weighted by Gasteiger charge is -2.21. The molecule has 0 amide bonds. The van der Waals surface area contributed by atoms with Crippen LogP contribution in [0.2, 0.25) is 0 Å². The SMILES string of the molecule is C[C@@H]1CC(Cn2ccc3cc(-c4cn[nH]n4)ccc32)CN1S(=O)(=O)c1ccccc1. The maximum atomic E-state index is 13.1. The summed E-state index contributed by atoms with van der Waals surface area (Å²) in [6.45, 7) is 3.32. The number of nitrogens with one attached hydrogen (secondary N) is 1. The van der Waals surface area contributed by atoms with Crippen LogP contribution in [0, 0.1) is 5.92 Å². The van der Waals surface area contributed by atoms with Gasteiger partial charge in [0.25, 0.3) is 0 Å². The Morgan fingerprint density at radius 1 is 1.13 bits per heavy atom. The van der Waals surface area contributed by atoms with E-state index in [1.54, 1.807) is 34.8 Å². The van der Waals surface area contributed by atoms with E-state index in [0.717, 1.165) is 35.1 Å². The topological polar surface area (TPSA) is 83.9 Å². The molecule has 0 spiro atoms. The molecular formula is C22H23N5O2S. The van der Waals surface area contributed by atoms with Gasteiger partial charge in [0.15, 0.2) is 0 Å². The van der Waals surface area contributed by atoms with Gasteiger partial charge in [-0.25, -0.2) is 8.42 Å². The Balaban J connectivity index is 1.36. The maximum Gasteiger partial charge on any atom is 0.243 e. The number of hydrogen-bond donors (Lipinski definition) is 1. The quantitative estimate of drug-likeness (QED) is 0.534. The lowest BCUT2D eigenvalue weighted by atomic mass is 10.1. The lowest BCUT2D eigenvalue weighted by molar-refractivity contribution is 0.400. The number of aromatic nitrogens is 4. The predicted molar refractivity (Wildman–Crippen MR) is 115 cm³/mol. The molecule has 1 fully saturated rings. The van der Waals surface area contributed by atoms with Crippen LogP contribution in [0.25, 0.3) is 22.2 Å². The van der Waals surface area contributed by atoms with Crippen molar-refractivity contribution >= 4 is 20.9 Å². The van der Waals surface area contributed by atoms with Crippen molar-refractivity contribution in [2.24, 2.45) is 5.92 Å². The fourth-order valence-corrected chi connectivity index (χ4v) is 6.18. The fourth-order valence-electron chi connectivity index (χ4n) is 4.44. The molecule has 0 radical (unpaired) electrons. The number of benzene rings is 2. The molecule has 4 aromatic rings. The predicted octanol–water partition coefficient (Wildman–Crippen LogP) is 3.53. The summed E-state index contributed by atoms with van der Waals surface area (Å²) in [5.41, 5.74) is 2.97. The van der Waals surface area contributed by atoms with E-state index in [1.165, 1.54) is 0 Å². The molecule has 2 aromatic carbocycles. The molecule has 0 saturated carbocycles. The van der Waals surface area contributed by atoms with Gasteiger partial charge in [0, 0.05) is 41.8 Å². The molecule has 8 heteroatoms. The Morgan fingerprint density at radius 3 is 2.73 bits per heavy atom. The molecule has 0 aliphatic carbocycles. The second kappa shape index (κ2) is 7.37. The summed E-state index contributed by atoms with van der Waals surface area (Å²) in [6.07, 6.45) is 4.64. The third-order valence-corrected chi connectivity index (χ3v) is 7.88. The van der Waals surface area contributed by atoms with Crippen LogP contribution in [0.4, 0.5) is 0 Å². The molecule has 1 saturated heterocycles. The Morgan fingerprint density at radius 2 is 1.97 bits per heavy atom. The minimum absolute atomic E-state index is 0.0131. The van der Waals surface area contributed by atoms with Gasteiger partial charge in [-0.15, -0.1) is 0 Å². The van der Waals surface area contributed by atoms with Crippen LogP contribution in [-0.2, 0) is 16.6 Å². The summed E-state index contributed by atoms with van der Waals surface area (Å²) in [6, 6.07) is 17.0. The molecule has 7 nitrogen and oxygen atoms in total. The number of nitrogens with zero attached hydrogens (tertiary/aromatic N) is 4. The summed E-state index contributed by atoms with van der Waals surface area (Å²) < 4.78 is 30.0. The second-order valence-corrected chi connectivity index (χ2v) is 9.83. The average Bonchev–Trinajstić information content (AvgIpc) is 3.49. The fraction of sp³-hybridized carbons (Fsp3) is 0.273. The summed E-state index contributed by atoms with van der Waals surface area (Å²) in [7, 11) is -3.46. The van der Waals surface area contributed by atoms with E-state index in [2.05, 4.69) is 44.4 Å². The van der Waals surface area contributed by atoms with Gasteiger partial charge in [-0.3, -0.25) is 0 Å². The molecule has 1 N–H and O–H groups in total. The van der Waals surface area contributed by atoms with Gasteiger partial charge < -0.3 is 4.57 Å². The van der Waals surface area contributed by atoms with E-state index in [9.17, 15) is 8.42 Å². The molecular weight excluding hydrogens is 398 g/mol. The number of hydrogen-bond acceptors (Lipinski definition) is 4. The number of sulfonamides is 1. The van der Waals surface area contributed by atoms with Crippen LogP contribution < -0.4 is 0 Å². The molecule has 2 atom stereocenters. The maximum absolute atomic E-state index is 13.1. The number of H-pyrrole nitrogens is 1. The molecule has 5 rings (SSSR count). The van der Waals surface area contributed by atoms with E-state index in [1.807, 2.05) is 19.1 Å². The Hall–Kier alpha value is -2.97. The van der Waals surface area contributed by atoms with Crippen LogP contribution >= 0.6 is 0 Å². The van der Waals surface area contributed by atoms with Gasteiger partial charge in [-0.05, 0) is 49.6 Å². The first-order valence-electron chi connectivity index (χ1n) is 10.0. The Kier molecular flexibility index (Phi) is 4.67. The van der Waals surface area contributed by atoms with Crippen molar-refractivity contribution < 1.29 is 8.42 Å². The van der Waals surface area contributed by atoms with E-state index in [4.69, 9.17) is 0 Å². The lowest BCUT2D eigenvalue weighted by Crippen LogP contribution is -2.34. The number of aromatic amines is 1. The molecule has 3 heterocycles. The highest BCUT2D eigenvalue weighted by molar-refractivity contribution is 7.89.